The topological polar surface area (TPSA) is 88.9 Å². The molecule has 0 radical (unpaired) electrons. The second kappa shape index (κ2) is 4.58. The van der Waals surface area contributed by atoms with E-state index in [1.165, 1.54) is 24.5 Å². The van der Waals surface area contributed by atoms with Crippen LogP contribution in [0.25, 0.3) is 22.0 Å². The number of H-pyrrole nitrogens is 1. The van der Waals surface area contributed by atoms with Crippen molar-refractivity contribution in [1.29, 1.82) is 0 Å². The van der Waals surface area contributed by atoms with Gasteiger partial charge in [-0.3, -0.25) is 14.9 Å². The Bertz CT molecular complexity index is 871. The Morgan fingerprint density at radius 2 is 1.95 bits per heavy atom. The molecule has 6 nitrogen and oxygen atoms in total. The van der Waals surface area contributed by atoms with Gasteiger partial charge in [0.2, 0.25) is 0 Å². The Kier molecular flexibility index (Phi) is 2.76. The zero-order valence-electron chi connectivity index (χ0n) is 10.2. The molecule has 20 heavy (non-hydrogen) atoms. The van der Waals surface area contributed by atoms with Crippen LogP contribution in [-0.2, 0) is 0 Å². The van der Waals surface area contributed by atoms with E-state index in [0.717, 1.165) is 0 Å². The summed E-state index contributed by atoms with van der Waals surface area (Å²) in [5.41, 5.74) is 0.512. The molecule has 1 aromatic carbocycles. The van der Waals surface area contributed by atoms with E-state index in [9.17, 15) is 14.9 Å². The molecule has 0 unspecified atom stereocenters. The van der Waals surface area contributed by atoms with E-state index in [0.29, 0.717) is 16.3 Å². The van der Waals surface area contributed by atoms with Crippen molar-refractivity contribution in [3.63, 3.8) is 0 Å². The van der Waals surface area contributed by atoms with Crippen LogP contribution in [0, 0.1) is 10.1 Å². The van der Waals surface area contributed by atoms with Gasteiger partial charge in [-0.15, -0.1) is 0 Å². The number of fused-ring (bicyclic) bond motifs is 1. The van der Waals surface area contributed by atoms with Gasteiger partial charge in [-0.1, -0.05) is 12.1 Å². The van der Waals surface area contributed by atoms with Crippen LogP contribution in [0.5, 0.6) is 0 Å². The molecular weight excluding hydrogens is 258 g/mol. The third-order valence-electron chi connectivity index (χ3n) is 3.05. The second-order valence-corrected chi connectivity index (χ2v) is 4.20. The lowest BCUT2D eigenvalue weighted by atomic mass is 10.0. The highest BCUT2D eigenvalue weighted by atomic mass is 16.6. The summed E-state index contributed by atoms with van der Waals surface area (Å²) >= 11 is 0. The summed E-state index contributed by atoms with van der Waals surface area (Å²) in [4.78, 5) is 29.1. The molecule has 0 bridgehead atoms. The fourth-order valence-corrected chi connectivity index (χ4v) is 2.18. The normalized spacial score (nSPS) is 10.6. The monoisotopic (exact) mass is 267 g/mol. The van der Waals surface area contributed by atoms with Crippen LogP contribution in [0.4, 0.5) is 5.69 Å². The van der Waals surface area contributed by atoms with Crippen molar-refractivity contribution in [2.24, 2.45) is 0 Å². The standard InChI is InChI=1S/C14H9N3O3/c18-14-11-4-1-3-10(9(11)6-8-16-14)13-12(17(19)20)5-2-7-15-13/h1-8H,(H,16,18). The maximum atomic E-state index is 11.8. The van der Waals surface area contributed by atoms with Gasteiger partial charge in [-0.05, 0) is 23.6 Å². The van der Waals surface area contributed by atoms with Gasteiger partial charge in [0, 0.05) is 29.4 Å². The van der Waals surface area contributed by atoms with Crippen LogP contribution >= 0.6 is 0 Å². The maximum Gasteiger partial charge on any atom is 0.295 e. The summed E-state index contributed by atoms with van der Waals surface area (Å²) in [5.74, 6) is 0. The minimum Gasteiger partial charge on any atom is -0.329 e. The Balaban J connectivity index is 2.39. The van der Waals surface area contributed by atoms with E-state index >= 15 is 0 Å². The Morgan fingerprint density at radius 1 is 1.10 bits per heavy atom. The number of nitrogens with one attached hydrogen (secondary N) is 1. The number of nitro groups is 1. The van der Waals surface area contributed by atoms with Gasteiger partial charge in [-0.2, -0.15) is 0 Å². The molecule has 6 heteroatoms. The predicted molar refractivity (Wildman–Crippen MR) is 74.5 cm³/mol. The third kappa shape index (κ3) is 1.83. The van der Waals surface area contributed by atoms with Crippen molar-refractivity contribution < 1.29 is 4.92 Å². The van der Waals surface area contributed by atoms with E-state index in [1.807, 2.05) is 0 Å². The molecule has 0 aliphatic rings. The zero-order chi connectivity index (χ0) is 14.1. The summed E-state index contributed by atoms with van der Waals surface area (Å²) in [6.07, 6.45) is 3.01. The molecule has 0 spiro atoms. The molecule has 3 aromatic rings. The van der Waals surface area contributed by atoms with Gasteiger partial charge in [0.15, 0.2) is 0 Å². The molecule has 0 aliphatic heterocycles. The van der Waals surface area contributed by atoms with Crippen LogP contribution in [0.1, 0.15) is 0 Å². The smallest absolute Gasteiger partial charge is 0.295 e. The first-order chi connectivity index (χ1) is 9.68. The molecule has 2 heterocycles. The van der Waals surface area contributed by atoms with Crippen LogP contribution in [0.2, 0.25) is 0 Å². The summed E-state index contributed by atoms with van der Waals surface area (Å²) in [6.45, 7) is 0. The summed E-state index contributed by atoms with van der Waals surface area (Å²) in [7, 11) is 0. The Morgan fingerprint density at radius 3 is 2.75 bits per heavy atom. The summed E-state index contributed by atoms with van der Waals surface area (Å²) < 4.78 is 0. The molecule has 0 atom stereocenters. The fraction of sp³-hybridized carbons (Fsp3) is 0. The number of hydrogen-bond donors (Lipinski definition) is 1. The van der Waals surface area contributed by atoms with Crippen molar-refractivity contribution in [2.75, 3.05) is 0 Å². The van der Waals surface area contributed by atoms with E-state index in [4.69, 9.17) is 0 Å². The minimum atomic E-state index is -0.478. The van der Waals surface area contributed by atoms with E-state index < -0.39 is 4.92 Å². The van der Waals surface area contributed by atoms with Gasteiger partial charge in [0.05, 0.1) is 4.92 Å². The summed E-state index contributed by atoms with van der Waals surface area (Å²) in [5, 5.41) is 12.2. The number of aromatic nitrogens is 2. The third-order valence-corrected chi connectivity index (χ3v) is 3.05. The van der Waals surface area contributed by atoms with Crippen LogP contribution in [-0.4, -0.2) is 14.9 Å². The maximum absolute atomic E-state index is 11.8. The molecule has 0 fully saturated rings. The highest BCUT2D eigenvalue weighted by molar-refractivity contribution is 5.96. The van der Waals surface area contributed by atoms with Crippen molar-refractivity contribution in [3.8, 4) is 11.3 Å². The average molecular weight is 267 g/mol. The zero-order valence-corrected chi connectivity index (χ0v) is 10.2. The molecule has 3 rings (SSSR count). The van der Waals surface area contributed by atoms with Gasteiger partial charge < -0.3 is 4.98 Å². The largest absolute Gasteiger partial charge is 0.329 e. The number of pyridine rings is 2. The first-order valence-electron chi connectivity index (χ1n) is 5.88. The van der Waals surface area contributed by atoms with Gasteiger partial charge in [-0.25, -0.2) is 4.98 Å². The first kappa shape index (κ1) is 12.0. The molecule has 2 aromatic heterocycles. The Hall–Kier alpha value is -3.02. The van der Waals surface area contributed by atoms with E-state index in [-0.39, 0.29) is 16.9 Å². The molecule has 1 N–H and O–H groups in total. The molecule has 0 saturated heterocycles. The van der Waals surface area contributed by atoms with Crippen molar-refractivity contribution in [3.05, 3.63) is 69.3 Å². The van der Waals surface area contributed by atoms with E-state index in [1.54, 1.807) is 24.3 Å². The minimum absolute atomic E-state index is 0.0831. The summed E-state index contributed by atoms with van der Waals surface area (Å²) in [6, 6.07) is 9.70. The van der Waals surface area contributed by atoms with Crippen LogP contribution in [0.15, 0.2) is 53.6 Å². The lowest BCUT2D eigenvalue weighted by Crippen LogP contribution is -2.05. The number of benzene rings is 1. The van der Waals surface area contributed by atoms with E-state index in [2.05, 4.69) is 9.97 Å². The quantitative estimate of drug-likeness (QED) is 0.570. The van der Waals surface area contributed by atoms with Crippen molar-refractivity contribution in [2.45, 2.75) is 0 Å². The highest BCUT2D eigenvalue weighted by Gasteiger charge is 2.18. The first-order valence-corrected chi connectivity index (χ1v) is 5.88. The predicted octanol–water partition coefficient (Wildman–Crippen LogP) is 2.50. The van der Waals surface area contributed by atoms with Crippen molar-refractivity contribution >= 4 is 16.5 Å². The highest BCUT2D eigenvalue weighted by Crippen LogP contribution is 2.31. The lowest BCUT2D eigenvalue weighted by molar-refractivity contribution is -0.384. The van der Waals surface area contributed by atoms with Gasteiger partial charge in [0.25, 0.3) is 11.2 Å². The fourth-order valence-electron chi connectivity index (χ4n) is 2.18. The molecule has 0 saturated carbocycles. The number of hydrogen-bond acceptors (Lipinski definition) is 4. The van der Waals surface area contributed by atoms with Crippen LogP contribution < -0.4 is 5.56 Å². The molecule has 0 amide bonds. The number of aromatic amines is 1. The van der Waals surface area contributed by atoms with Gasteiger partial charge >= 0.3 is 0 Å². The molecule has 98 valence electrons. The number of rotatable bonds is 2. The van der Waals surface area contributed by atoms with Crippen LogP contribution in [0.3, 0.4) is 0 Å². The number of nitrogens with zero attached hydrogens (tertiary/aromatic N) is 2. The molecular formula is C14H9N3O3. The molecule has 0 aliphatic carbocycles. The van der Waals surface area contributed by atoms with Gasteiger partial charge in [0.1, 0.15) is 5.69 Å². The second-order valence-electron chi connectivity index (χ2n) is 4.20. The Labute approximate surface area is 112 Å². The van der Waals surface area contributed by atoms with Crippen molar-refractivity contribution in [1.82, 2.24) is 9.97 Å². The lowest BCUT2D eigenvalue weighted by Gasteiger charge is -2.05. The SMILES string of the molecule is O=c1[nH]ccc2c(-c3ncccc3[N+](=O)[O-])cccc12. The average Bonchev–Trinajstić information content (AvgIpc) is 2.47.